The van der Waals surface area contributed by atoms with E-state index in [1.807, 2.05) is 13.8 Å². The molecule has 0 aliphatic carbocycles. The van der Waals surface area contributed by atoms with Crippen molar-refractivity contribution in [2.75, 3.05) is 4.90 Å². The van der Waals surface area contributed by atoms with Gasteiger partial charge in [0.25, 0.3) is 11.8 Å². The lowest BCUT2D eigenvalue weighted by molar-refractivity contribution is -0.119. The van der Waals surface area contributed by atoms with E-state index >= 15 is 0 Å². The van der Waals surface area contributed by atoms with Crippen LogP contribution in [0.1, 0.15) is 19.4 Å². The monoisotopic (exact) mass is 375 g/mol. The maximum Gasteiger partial charge on any atom is 0.272 e. The summed E-state index contributed by atoms with van der Waals surface area (Å²) < 4.78 is 13.2. The van der Waals surface area contributed by atoms with Gasteiger partial charge in [-0.25, -0.2) is 9.29 Å². The fourth-order valence-corrected chi connectivity index (χ4v) is 3.66. The highest BCUT2D eigenvalue weighted by molar-refractivity contribution is 8.04. The van der Waals surface area contributed by atoms with Crippen LogP contribution in [-0.4, -0.2) is 17.1 Å². The number of hydrogen-bond acceptors (Lipinski definition) is 3. The van der Waals surface area contributed by atoms with E-state index in [1.54, 1.807) is 24.3 Å². The number of carbonyl (C=O) groups is 2. The highest BCUT2D eigenvalue weighted by Crippen LogP contribution is 2.40. The molecule has 25 heavy (non-hydrogen) atoms. The molecule has 6 heteroatoms. The zero-order chi connectivity index (χ0) is 18.1. The fraction of sp³-hybridized carbons (Fsp3) is 0.158. The van der Waals surface area contributed by atoms with Crippen LogP contribution in [0.4, 0.5) is 10.1 Å². The van der Waals surface area contributed by atoms with Crippen LogP contribution in [0.3, 0.4) is 0 Å². The summed E-state index contributed by atoms with van der Waals surface area (Å²) >= 11 is 7.22. The number of nitrogens with zero attached hydrogens (tertiary/aromatic N) is 1. The molecule has 0 unspecified atom stereocenters. The van der Waals surface area contributed by atoms with Gasteiger partial charge in [0.1, 0.15) is 5.82 Å². The normalized spacial score (nSPS) is 14.8. The Balaban J connectivity index is 2.09. The summed E-state index contributed by atoms with van der Waals surface area (Å²) in [6, 6.07) is 12.1. The average Bonchev–Trinajstić information content (AvgIpc) is 2.80. The Kier molecular flexibility index (Phi) is 4.97. The third-order valence-corrected chi connectivity index (χ3v) is 4.95. The average molecular weight is 376 g/mol. The van der Waals surface area contributed by atoms with Crippen LogP contribution in [-0.2, 0) is 9.59 Å². The van der Waals surface area contributed by atoms with Crippen molar-refractivity contribution < 1.29 is 14.0 Å². The second-order valence-electron chi connectivity index (χ2n) is 5.80. The standard InChI is InChI=1S/C19H15ClFNO2S/c1-11(2)25-17-16(12-3-7-14(21)8-4-12)18(23)22(19(17)24)15-9-5-13(20)6-10-15/h3-11H,1-2H3. The number of rotatable bonds is 4. The Labute approximate surface area is 154 Å². The first-order chi connectivity index (χ1) is 11.9. The Morgan fingerprint density at radius 1 is 0.960 bits per heavy atom. The van der Waals surface area contributed by atoms with Gasteiger partial charge in [0.15, 0.2) is 0 Å². The van der Waals surface area contributed by atoms with Crippen molar-refractivity contribution in [1.29, 1.82) is 0 Å². The van der Waals surface area contributed by atoms with Crippen molar-refractivity contribution in [1.82, 2.24) is 0 Å². The van der Waals surface area contributed by atoms with Crippen LogP contribution >= 0.6 is 23.4 Å². The Bertz CT molecular complexity index is 860. The lowest BCUT2D eigenvalue weighted by Gasteiger charge is -2.15. The first-order valence-corrected chi connectivity index (χ1v) is 8.95. The molecule has 0 N–H and O–H groups in total. The molecule has 0 saturated heterocycles. The smallest absolute Gasteiger partial charge is 0.268 e. The van der Waals surface area contributed by atoms with Gasteiger partial charge in [0.2, 0.25) is 0 Å². The van der Waals surface area contributed by atoms with Gasteiger partial charge in [-0.3, -0.25) is 9.59 Å². The lowest BCUT2D eigenvalue weighted by Crippen LogP contribution is -2.31. The summed E-state index contributed by atoms with van der Waals surface area (Å²) in [5.41, 5.74) is 1.29. The van der Waals surface area contributed by atoms with Gasteiger partial charge < -0.3 is 0 Å². The zero-order valence-electron chi connectivity index (χ0n) is 13.6. The molecule has 0 aromatic heterocycles. The maximum absolute atomic E-state index is 13.2. The minimum Gasteiger partial charge on any atom is -0.268 e. The van der Waals surface area contributed by atoms with E-state index in [0.717, 1.165) is 4.90 Å². The van der Waals surface area contributed by atoms with Gasteiger partial charge in [-0.1, -0.05) is 37.6 Å². The fourth-order valence-electron chi connectivity index (χ4n) is 2.55. The minimum absolute atomic E-state index is 0.118. The quantitative estimate of drug-likeness (QED) is 0.713. The maximum atomic E-state index is 13.2. The van der Waals surface area contributed by atoms with Crippen molar-refractivity contribution in [3.63, 3.8) is 0 Å². The molecule has 128 valence electrons. The summed E-state index contributed by atoms with van der Waals surface area (Å²) in [5.74, 6) is -1.18. The van der Waals surface area contributed by atoms with E-state index in [9.17, 15) is 14.0 Å². The van der Waals surface area contributed by atoms with Crippen LogP contribution in [0.25, 0.3) is 5.57 Å². The second kappa shape index (κ2) is 7.02. The van der Waals surface area contributed by atoms with Crippen LogP contribution in [0.15, 0.2) is 53.4 Å². The first kappa shape index (κ1) is 17.7. The van der Waals surface area contributed by atoms with Gasteiger partial charge in [-0.15, -0.1) is 11.8 Å². The van der Waals surface area contributed by atoms with Crippen LogP contribution in [0.2, 0.25) is 5.02 Å². The van der Waals surface area contributed by atoms with Crippen molar-refractivity contribution >= 4 is 46.4 Å². The summed E-state index contributed by atoms with van der Waals surface area (Å²) in [7, 11) is 0. The molecule has 3 nitrogen and oxygen atoms in total. The van der Waals surface area contributed by atoms with Crippen molar-refractivity contribution in [3.05, 3.63) is 69.8 Å². The van der Waals surface area contributed by atoms with Gasteiger partial charge in [-0.05, 0) is 42.0 Å². The Morgan fingerprint density at radius 2 is 1.56 bits per heavy atom. The molecular formula is C19H15ClFNO2S. The SMILES string of the molecule is CC(C)SC1=C(c2ccc(F)cc2)C(=O)N(c2ccc(Cl)cc2)C1=O. The highest BCUT2D eigenvalue weighted by atomic mass is 35.5. The lowest BCUT2D eigenvalue weighted by atomic mass is 10.1. The van der Waals surface area contributed by atoms with Crippen LogP contribution in [0, 0.1) is 5.82 Å². The number of hydrogen-bond donors (Lipinski definition) is 0. The van der Waals surface area contributed by atoms with E-state index < -0.39 is 11.7 Å². The van der Waals surface area contributed by atoms with E-state index in [2.05, 4.69) is 0 Å². The van der Waals surface area contributed by atoms with E-state index in [1.165, 1.54) is 36.0 Å². The molecule has 0 saturated carbocycles. The molecule has 2 amide bonds. The summed E-state index contributed by atoms with van der Waals surface area (Å²) in [4.78, 5) is 27.4. The second-order valence-corrected chi connectivity index (χ2v) is 7.82. The third-order valence-electron chi connectivity index (χ3n) is 3.61. The Hall–Kier alpha value is -2.11. The number of anilines is 1. The molecule has 0 atom stereocenters. The number of thioether (sulfide) groups is 1. The van der Waals surface area contributed by atoms with Gasteiger partial charge >= 0.3 is 0 Å². The van der Waals surface area contributed by atoms with E-state index in [-0.39, 0.29) is 11.2 Å². The molecule has 0 fully saturated rings. The number of imide groups is 1. The van der Waals surface area contributed by atoms with Gasteiger partial charge in [0, 0.05) is 10.3 Å². The molecule has 0 spiro atoms. The molecule has 0 radical (unpaired) electrons. The van der Waals surface area contributed by atoms with E-state index in [4.69, 9.17) is 11.6 Å². The molecule has 0 bridgehead atoms. The van der Waals surface area contributed by atoms with E-state index in [0.29, 0.717) is 26.8 Å². The highest BCUT2D eigenvalue weighted by Gasteiger charge is 2.40. The Morgan fingerprint density at radius 3 is 2.12 bits per heavy atom. The molecule has 1 aliphatic rings. The van der Waals surface area contributed by atoms with Crippen LogP contribution in [0.5, 0.6) is 0 Å². The van der Waals surface area contributed by atoms with Crippen molar-refractivity contribution in [2.24, 2.45) is 0 Å². The largest absolute Gasteiger partial charge is 0.272 e. The molecule has 1 aliphatic heterocycles. The number of benzene rings is 2. The topological polar surface area (TPSA) is 37.4 Å². The molecule has 2 aromatic carbocycles. The summed E-state index contributed by atoms with van der Waals surface area (Å²) in [6.07, 6.45) is 0. The molecule has 1 heterocycles. The molecule has 2 aromatic rings. The van der Waals surface area contributed by atoms with Crippen molar-refractivity contribution in [3.8, 4) is 0 Å². The number of halogens is 2. The number of amides is 2. The number of carbonyl (C=O) groups excluding carboxylic acids is 2. The third kappa shape index (κ3) is 3.48. The molecular weight excluding hydrogens is 361 g/mol. The minimum atomic E-state index is -0.415. The van der Waals surface area contributed by atoms with Gasteiger partial charge in [0.05, 0.1) is 16.2 Å². The summed E-state index contributed by atoms with van der Waals surface area (Å²) in [5, 5.41) is 0.638. The predicted molar refractivity (Wildman–Crippen MR) is 100.0 cm³/mol. The van der Waals surface area contributed by atoms with Crippen molar-refractivity contribution in [2.45, 2.75) is 19.1 Å². The molecule has 3 rings (SSSR count). The summed E-state index contributed by atoms with van der Waals surface area (Å²) in [6.45, 7) is 3.89. The van der Waals surface area contributed by atoms with Gasteiger partial charge in [-0.2, -0.15) is 0 Å². The predicted octanol–water partition coefficient (Wildman–Crippen LogP) is 4.91. The zero-order valence-corrected chi connectivity index (χ0v) is 15.2. The van der Waals surface area contributed by atoms with Crippen LogP contribution < -0.4 is 4.90 Å². The first-order valence-electron chi connectivity index (χ1n) is 7.69.